The normalized spacial score (nSPS) is 12.0. The standard InChI is InChI=1S/C21H20ClF3N4O2/c1-20(2,12-22)18(30)26-15-8-10-16(11-9-15)29-17(27-19(28-29)31-3)13-4-6-14(7-5-13)21(23,24)25/h4-11H,12H2,1-3H3,(H,26,30). The van der Waals surface area contributed by atoms with Crippen molar-refractivity contribution in [1.29, 1.82) is 0 Å². The molecule has 0 saturated carbocycles. The van der Waals surface area contributed by atoms with Gasteiger partial charge >= 0.3 is 12.2 Å². The van der Waals surface area contributed by atoms with Crippen molar-refractivity contribution in [2.45, 2.75) is 20.0 Å². The first-order valence-corrected chi connectivity index (χ1v) is 9.75. The van der Waals surface area contributed by atoms with Crippen LogP contribution in [0.1, 0.15) is 19.4 Å². The van der Waals surface area contributed by atoms with Gasteiger partial charge in [0, 0.05) is 17.1 Å². The second-order valence-corrected chi connectivity index (χ2v) is 7.69. The summed E-state index contributed by atoms with van der Waals surface area (Å²) in [5.41, 5.74) is 0.101. The van der Waals surface area contributed by atoms with E-state index in [0.29, 0.717) is 22.8 Å². The van der Waals surface area contributed by atoms with Crippen LogP contribution in [0.15, 0.2) is 48.5 Å². The van der Waals surface area contributed by atoms with Gasteiger partial charge in [-0.05, 0) is 50.2 Å². The molecule has 6 nitrogen and oxygen atoms in total. The predicted octanol–water partition coefficient (Wildman–Crippen LogP) is 5.17. The molecule has 0 spiro atoms. The Morgan fingerprint density at radius 2 is 1.71 bits per heavy atom. The molecule has 0 aliphatic heterocycles. The maximum atomic E-state index is 12.9. The first-order chi connectivity index (χ1) is 14.5. The quantitative estimate of drug-likeness (QED) is 0.524. The summed E-state index contributed by atoms with van der Waals surface area (Å²) in [6.07, 6.45) is -4.43. The summed E-state index contributed by atoms with van der Waals surface area (Å²) in [6.45, 7) is 3.48. The fraction of sp³-hybridized carbons (Fsp3) is 0.286. The molecule has 1 aromatic heterocycles. The molecule has 2 aromatic carbocycles. The van der Waals surface area contributed by atoms with E-state index in [9.17, 15) is 18.0 Å². The lowest BCUT2D eigenvalue weighted by atomic mass is 9.95. The fourth-order valence-corrected chi connectivity index (χ4v) is 2.72. The van der Waals surface area contributed by atoms with Crippen molar-refractivity contribution in [2.75, 3.05) is 18.3 Å². The number of methoxy groups -OCH3 is 1. The first kappa shape index (κ1) is 22.6. The molecular weight excluding hydrogens is 433 g/mol. The van der Waals surface area contributed by atoms with Gasteiger partial charge in [-0.3, -0.25) is 4.79 Å². The third kappa shape index (κ3) is 4.99. The number of amides is 1. The van der Waals surface area contributed by atoms with Crippen molar-refractivity contribution in [3.8, 4) is 23.1 Å². The van der Waals surface area contributed by atoms with Crippen LogP contribution < -0.4 is 10.1 Å². The van der Waals surface area contributed by atoms with E-state index in [1.165, 1.54) is 23.9 Å². The van der Waals surface area contributed by atoms with Gasteiger partial charge in [0.25, 0.3) is 0 Å². The Morgan fingerprint density at radius 1 is 1.10 bits per heavy atom. The number of carbonyl (C=O) groups excluding carboxylic acids is 1. The summed E-state index contributed by atoms with van der Waals surface area (Å²) in [5.74, 6) is 0.264. The number of rotatable bonds is 6. The Labute approximate surface area is 182 Å². The van der Waals surface area contributed by atoms with E-state index in [-0.39, 0.29) is 17.8 Å². The van der Waals surface area contributed by atoms with Crippen LogP contribution in [0.25, 0.3) is 17.1 Å². The maximum Gasteiger partial charge on any atom is 0.416 e. The van der Waals surface area contributed by atoms with Gasteiger partial charge in [0.1, 0.15) is 0 Å². The van der Waals surface area contributed by atoms with E-state index in [1.807, 2.05) is 0 Å². The van der Waals surface area contributed by atoms with Crippen molar-refractivity contribution < 1.29 is 22.7 Å². The number of ether oxygens (including phenoxy) is 1. The second kappa shape index (κ2) is 8.58. The summed E-state index contributed by atoms with van der Waals surface area (Å²) < 4.78 is 45.1. The second-order valence-electron chi connectivity index (χ2n) is 7.43. The zero-order valence-corrected chi connectivity index (χ0v) is 17.8. The van der Waals surface area contributed by atoms with Crippen molar-refractivity contribution in [3.05, 3.63) is 54.1 Å². The number of halogens is 4. The number of nitrogens with one attached hydrogen (secondary N) is 1. The lowest BCUT2D eigenvalue weighted by Gasteiger charge is -2.20. The number of benzene rings is 2. The lowest BCUT2D eigenvalue weighted by molar-refractivity contribution is -0.137. The number of hydrogen-bond acceptors (Lipinski definition) is 4. The number of aromatic nitrogens is 3. The molecule has 164 valence electrons. The minimum Gasteiger partial charge on any atom is -0.466 e. The van der Waals surface area contributed by atoms with Gasteiger partial charge in [0.15, 0.2) is 5.82 Å². The minimum atomic E-state index is -4.43. The molecule has 0 unspecified atom stereocenters. The number of nitrogens with zero attached hydrogens (tertiary/aromatic N) is 3. The molecule has 0 fully saturated rings. The molecule has 31 heavy (non-hydrogen) atoms. The third-order valence-corrected chi connectivity index (χ3v) is 5.23. The molecule has 0 aliphatic carbocycles. The Bertz CT molecular complexity index is 1060. The van der Waals surface area contributed by atoms with Crippen molar-refractivity contribution in [1.82, 2.24) is 14.8 Å². The van der Waals surface area contributed by atoms with Crippen LogP contribution in [0.2, 0.25) is 0 Å². The number of alkyl halides is 4. The molecule has 3 rings (SSSR count). The minimum absolute atomic E-state index is 0.0659. The summed E-state index contributed by atoms with van der Waals surface area (Å²) in [4.78, 5) is 16.5. The van der Waals surface area contributed by atoms with E-state index >= 15 is 0 Å². The molecule has 0 saturated heterocycles. The van der Waals surface area contributed by atoms with Crippen molar-refractivity contribution >= 4 is 23.2 Å². The maximum absolute atomic E-state index is 12.9. The number of anilines is 1. The van der Waals surface area contributed by atoms with Gasteiger partial charge in [0.05, 0.1) is 23.8 Å². The van der Waals surface area contributed by atoms with Gasteiger partial charge in [-0.1, -0.05) is 12.1 Å². The van der Waals surface area contributed by atoms with Crippen molar-refractivity contribution in [3.63, 3.8) is 0 Å². The van der Waals surface area contributed by atoms with Crippen LogP contribution in [0.5, 0.6) is 6.01 Å². The fourth-order valence-electron chi connectivity index (χ4n) is 2.60. The lowest BCUT2D eigenvalue weighted by Crippen LogP contribution is -2.32. The SMILES string of the molecule is COc1nc(-c2ccc(C(F)(F)F)cc2)n(-c2ccc(NC(=O)C(C)(C)CCl)cc2)n1. The Kier molecular flexibility index (Phi) is 6.26. The molecule has 1 amide bonds. The van der Waals surface area contributed by atoms with Crippen LogP contribution >= 0.6 is 11.6 Å². The summed E-state index contributed by atoms with van der Waals surface area (Å²) in [7, 11) is 1.40. The average molecular weight is 453 g/mol. The highest BCUT2D eigenvalue weighted by molar-refractivity contribution is 6.20. The molecule has 3 aromatic rings. The summed E-state index contributed by atoms with van der Waals surface area (Å²) in [5, 5.41) is 7.04. The molecule has 10 heteroatoms. The van der Waals surface area contributed by atoms with Crippen LogP contribution in [0, 0.1) is 5.41 Å². The van der Waals surface area contributed by atoms with Crippen LogP contribution in [0.4, 0.5) is 18.9 Å². The van der Waals surface area contributed by atoms with E-state index in [4.69, 9.17) is 16.3 Å². The molecule has 1 N–H and O–H groups in total. The third-order valence-electron chi connectivity index (χ3n) is 4.56. The first-order valence-electron chi connectivity index (χ1n) is 9.22. The van der Waals surface area contributed by atoms with E-state index in [0.717, 1.165) is 12.1 Å². The highest BCUT2D eigenvalue weighted by atomic mass is 35.5. The van der Waals surface area contributed by atoms with Gasteiger partial charge < -0.3 is 10.1 Å². The van der Waals surface area contributed by atoms with E-state index in [2.05, 4.69) is 15.4 Å². The zero-order chi connectivity index (χ0) is 22.8. The Balaban J connectivity index is 1.91. The summed E-state index contributed by atoms with van der Waals surface area (Å²) >= 11 is 5.83. The number of carbonyl (C=O) groups is 1. The molecule has 1 heterocycles. The molecule has 0 aliphatic rings. The van der Waals surface area contributed by atoms with Crippen molar-refractivity contribution in [2.24, 2.45) is 5.41 Å². The molecule has 0 radical (unpaired) electrons. The largest absolute Gasteiger partial charge is 0.466 e. The van der Waals surface area contributed by atoms with Gasteiger partial charge in [0.2, 0.25) is 5.91 Å². The molecule has 0 atom stereocenters. The van der Waals surface area contributed by atoms with Gasteiger partial charge in [-0.25, -0.2) is 4.68 Å². The summed E-state index contributed by atoms with van der Waals surface area (Å²) in [6, 6.07) is 11.4. The highest BCUT2D eigenvalue weighted by Gasteiger charge is 2.30. The van der Waals surface area contributed by atoms with Crippen LogP contribution in [-0.4, -0.2) is 33.7 Å². The van der Waals surface area contributed by atoms with E-state index in [1.54, 1.807) is 38.1 Å². The van der Waals surface area contributed by atoms with Crippen LogP contribution in [-0.2, 0) is 11.0 Å². The Morgan fingerprint density at radius 3 is 2.23 bits per heavy atom. The smallest absolute Gasteiger partial charge is 0.416 e. The highest BCUT2D eigenvalue weighted by Crippen LogP contribution is 2.31. The van der Waals surface area contributed by atoms with Crippen LogP contribution in [0.3, 0.4) is 0 Å². The number of hydrogen-bond donors (Lipinski definition) is 1. The zero-order valence-electron chi connectivity index (χ0n) is 17.0. The average Bonchev–Trinajstić information content (AvgIpc) is 3.18. The predicted molar refractivity (Wildman–Crippen MR) is 111 cm³/mol. The van der Waals surface area contributed by atoms with Gasteiger partial charge in [-0.2, -0.15) is 18.2 Å². The topological polar surface area (TPSA) is 69.0 Å². The molecule has 0 bridgehead atoms. The van der Waals surface area contributed by atoms with E-state index < -0.39 is 17.2 Å². The monoisotopic (exact) mass is 452 g/mol. The Hall–Kier alpha value is -3.07. The molecular formula is C21H20ClF3N4O2. The van der Waals surface area contributed by atoms with Gasteiger partial charge in [-0.15, -0.1) is 16.7 Å².